The van der Waals surface area contributed by atoms with Crippen molar-refractivity contribution in [3.63, 3.8) is 0 Å². The van der Waals surface area contributed by atoms with Gasteiger partial charge in [-0.2, -0.15) is 0 Å². The number of benzene rings is 2. The first-order valence-corrected chi connectivity index (χ1v) is 9.41. The molecule has 2 atom stereocenters. The summed E-state index contributed by atoms with van der Waals surface area (Å²) in [5, 5.41) is 0. The first-order chi connectivity index (χ1) is 11.2. The molecule has 1 aliphatic heterocycles. The van der Waals surface area contributed by atoms with Crippen LogP contribution in [-0.2, 0) is 12.8 Å². The predicted octanol–water partition coefficient (Wildman–Crippen LogP) is 4.23. The summed E-state index contributed by atoms with van der Waals surface area (Å²) in [6, 6.07) is 14.2. The van der Waals surface area contributed by atoms with Crippen molar-refractivity contribution in [2.24, 2.45) is 0 Å². The standard InChI is InChI=1S/C20H22INO/c1-22-10-9-13-5-3-4-6-15(13)20-16-12-19(23-2)17(21)11-14(16)7-8-18(20)22/h3-6,11-12,18,20H,7-10H2,1-2H3/t18-,20-/m1/s1. The molecule has 3 heteroatoms. The van der Waals surface area contributed by atoms with Gasteiger partial charge in [0.15, 0.2) is 0 Å². The lowest BCUT2D eigenvalue weighted by Crippen LogP contribution is -2.39. The van der Waals surface area contributed by atoms with Crippen molar-refractivity contribution >= 4 is 22.6 Å². The molecule has 120 valence electrons. The second-order valence-corrected chi connectivity index (χ2v) is 7.86. The van der Waals surface area contributed by atoms with Gasteiger partial charge in [-0.15, -0.1) is 0 Å². The van der Waals surface area contributed by atoms with E-state index in [2.05, 4.69) is 70.9 Å². The van der Waals surface area contributed by atoms with E-state index in [0.717, 1.165) is 18.7 Å². The van der Waals surface area contributed by atoms with Crippen molar-refractivity contribution in [3.05, 3.63) is 62.2 Å². The van der Waals surface area contributed by atoms with Crippen LogP contribution in [0.15, 0.2) is 36.4 Å². The van der Waals surface area contributed by atoms with Crippen molar-refractivity contribution in [2.75, 3.05) is 20.7 Å². The molecule has 1 aliphatic carbocycles. The molecule has 0 spiro atoms. The monoisotopic (exact) mass is 419 g/mol. The number of aryl methyl sites for hydroxylation is 1. The average molecular weight is 419 g/mol. The fourth-order valence-electron chi connectivity index (χ4n) is 4.33. The Balaban J connectivity index is 1.93. The molecule has 2 nitrogen and oxygen atoms in total. The fourth-order valence-corrected chi connectivity index (χ4v) is 5.08. The topological polar surface area (TPSA) is 12.5 Å². The molecule has 0 saturated carbocycles. The second-order valence-electron chi connectivity index (χ2n) is 6.70. The van der Waals surface area contributed by atoms with Gasteiger partial charge in [-0.05, 0) is 83.3 Å². The smallest absolute Gasteiger partial charge is 0.132 e. The molecule has 2 aromatic carbocycles. The number of nitrogens with zero attached hydrogens (tertiary/aromatic N) is 1. The first kappa shape index (κ1) is 15.5. The van der Waals surface area contributed by atoms with Crippen LogP contribution in [0.3, 0.4) is 0 Å². The van der Waals surface area contributed by atoms with E-state index < -0.39 is 0 Å². The average Bonchev–Trinajstić information content (AvgIpc) is 2.72. The van der Waals surface area contributed by atoms with Gasteiger partial charge in [-0.1, -0.05) is 24.3 Å². The highest BCUT2D eigenvalue weighted by Gasteiger charge is 2.36. The van der Waals surface area contributed by atoms with E-state index in [9.17, 15) is 0 Å². The fraction of sp³-hybridized carbons (Fsp3) is 0.400. The highest BCUT2D eigenvalue weighted by atomic mass is 127. The minimum atomic E-state index is 0.466. The number of hydrogen-bond acceptors (Lipinski definition) is 2. The van der Waals surface area contributed by atoms with E-state index in [1.807, 2.05) is 0 Å². The van der Waals surface area contributed by atoms with Crippen molar-refractivity contribution < 1.29 is 4.74 Å². The first-order valence-electron chi connectivity index (χ1n) is 8.33. The quantitative estimate of drug-likeness (QED) is 0.642. The second kappa shape index (κ2) is 6.10. The van der Waals surface area contributed by atoms with Gasteiger partial charge < -0.3 is 9.64 Å². The zero-order valence-electron chi connectivity index (χ0n) is 13.7. The van der Waals surface area contributed by atoms with Crippen LogP contribution in [0.2, 0.25) is 0 Å². The Morgan fingerprint density at radius 3 is 2.74 bits per heavy atom. The number of ether oxygens (including phenoxy) is 1. The Bertz CT molecular complexity index is 742. The summed E-state index contributed by atoms with van der Waals surface area (Å²) in [6.07, 6.45) is 3.56. The van der Waals surface area contributed by atoms with E-state index in [1.165, 1.54) is 38.7 Å². The molecule has 4 rings (SSSR count). The minimum absolute atomic E-state index is 0.466. The van der Waals surface area contributed by atoms with Gasteiger partial charge in [0.1, 0.15) is 5.75 Å². The zero-order chi connectivity index (χ0) is 16.0. The molecular weight excluding hydrogens is 397 g/mol. The lowest BCUT2D eigenvalue weighted by atomic mass is 9.74. The lowest BCUT2D eigenvalue weighted by molar-refractivity contribution is 0.214. The number of rotatable bonds is 1. The van der Waals surface area contributed by atoms with E-state index in [0.29, 0.717) is 12.0 Å². The Hall–Kier alpha value is -1.07. The molecule has 0 amide bonds. The molecule has 1 heterocycles. The number of fused-ring (bicyclic) bond motifs is 5. The molecule has 23 heavy (non-hydrogen) atoms. The number of halogens is 1. The van der Waals surface area contributed by atoms with Gasteiger partial charge in [0.05, 0.1) is 10.7 Å². The van der Waals surface area contributed by atoms with Gasteiger partial charge in [0.25, 0.3) is 0 Å². The molecule has 0 unspecified atom stereocenters. The van der Waals surface area contributed by atoms with Gasteiger partial charge in [0.2, 0.25) is 0 Å². The number of hydrogen-bond donors (Lipinski definition) is 0. The van der Waals surface area contributed by atoms with Crippen LogP contribution in [0.4, 0.5) is 0 Å². The van der Waals surface area contributed by atoms with Crippen molar-refractivity contribution in [3.8, 4) is 5.75 Å². The highest BCUT2D eigenvalue weighted by molar-refractivity contribution is 14.1. The summed E-state index contributed by atoms with van der Waals surface area (Å²) in [7, 11) is 4.07. The Kier molecular flexibility index (Phi) is 4.10. The van der Waals surface area contributed by atoms with Crippen LogP contribution in [-0.4, -0.2) is 31.6 Å². The Morgan fingerprint density at radius 1 is 1.09 bits per heavy atom. The third-order valence-corrected chi connectivity index (χ3v) is 6.38. The maximum atomic E-state index is 5.62. The normalized spacial score (nSPS) is 23.4. The number of methoxy groups -OCH3 is 1. The van der Waals surface area contributed by atoms with Crippen LogP contribution in [0.25, 0.3) is 0 Å². The third-order valence-electron chi connectivity index (χ3n) is 5.53. The molecule has 2 aliphatic rings. The predicted molar refractivity (Wildman–Crippen MR) is 102 cm³/mol. The summed E-state index contributed by atoms with van der Waals surface area (Å²) in [4.78, 5) is 2.57. The van der Waals surface area contributed by atoms with Gasteiger partial charge >= 0.3 is 0 Å². The van der Waals surface area contributed by atoms with E-state index in [-0.39, 0.29) is 0 Å². The molecule has 0 fully saturated rings. The largest absolute Gasteiger partial charge is 0.496 e. The lowest BCUT2D eigenvalue weighted by Gasteiger charge is -2.38. The minimum Gasteiger partial charge on any atom is -0.496 e. The van der Waals surface area contributed by atoms with Gasteiger partial charge in [-0.3, -0.25) is 0 Å². The van der Waals surface area contributed by atoms with E-state index in [1.54, 1.807) is 7.11 Å². The van der Waals surface area contributed by atoms with Crippen LogP contribution in [0.5, 0.6) is 5.75 Å². The summed E-state index contributed by atoms with van der Waals surface area (Å²) in [5.41, 5.74) is 6.00. The molecule has 0 aromatic heterocycles. The van der Waals surface area contributed by atoms with Crippen molar-refractivity contribution in [1.82, 2.24) is 4.90 Å². The summed E-state index contributed by atoms with van der Waals surface area (Å²) >= 11 is 2.39. The van der Waals surface area contributed by atoms with Gasteiger partial charge in [0, 0.05) is 18.5 Å². The highest BCUT2D eigenvalue weighted by Crippen LogP contribution is 2.44. The van der Waals surface area contributed by atoms with Crippen LogP contribution in [0, 0.1) is 3.57 Å². The molecule has 2 aromatic rings. The van der Waals surface area contributed by atoms with Gasteiger partial charge in [-0.25, -0.2) is 0 Å². The van der Waals surface area contributed by atoms with E-state index in [4.69, 9.17) is 4.74 Å². The molecule has 0 radical (unpaired) electrons. The van der Waals surface area contributed by atoms with Crippen LogP contribution >= 0.6 is 22.6 Å². The maximum Gasteiger partial charge on any atom is 0.132 e. The van der Waals surface area contributed by atoms with E-state index >= 15 is 0 Å². The summed E-state index contributed by atoms with van der Waals surface area (Å²) in [6.45, 7) is 1.15. The molecule has 0 N–H and O–H groups in total. The maximum absolute atomic E-state index is 5.62. The molecule has 0 bridgehead atoms. The van der Waals surface area contributed by atoms with Crippen LogP contribution in [0.1, 0.15) is 34.6 Å². The Morgan fingerprint density at radius 2 is 1.91 bits per heavy atom. The molecular formula is C20H22INO. The zero-order valence-corrected chi connectivity index (χ0v) is 15.8. The SMILES string of the molecule is COc1cc2c(cc1I)CC[C@@H]1[C@@H]2c2ccccc2CCN1C. The van der Waals surface area contributed by atoms with Crippen molar-refractivity contribution in [1.29, 1.82) is 0 Å². The summed E-state index contributed by atoms with van der Waals surface area (Å²) < 4.78 is 6.84. The van der Waals surface area contributed by atoms with Crippen LogP contribution < -0.4 is 4.74 Å². The summed E-state index contributed by atoms with van der Waals surface area (Å²) in [5.74, 6) is 1.47. The Labute approximate surface area is 152 Å². The molecule has 0 saturated heterocycles. The third kappa shape index (κ3) is 2.58. The number of likely N-dealkylation sites (N-methyl/N-ethyl adjacent to an activating group) is 1. The van der Waals surface area contributed by atoms with Crippen molar-refractivity contribution in [2.45, 2.75) is 31.2 Å².